The zero-order valence-corrected chi connectivity index (χ0v) is 11.5. The van der Waals surface area contributed by atoms with Crippen molar-refractivity contribution in [2.45, 2.75) is 25.9 Å². The van der Waals surface area contributed by atoms with Crippen molar-refractivity contribution in [3.8, 4) is 6.07 Å². The lowest BCUT2D eigenvalue weighted by molar-refractivity contribution is -0.125. The van der Waals surface area contributed by atoms with Crippen LogP contribution in [0.3, 0.4) is 0 Å². The fourth-order valence-corrected chi connectivity index (χ4v) is 2.08. The number of anilines is 1. The number of nitrogens with one attached hydrogen (secondary N) is 1. The van der Waals surface area contributed by atoms with Crippen molar-refractivity contribution in [1.82, 2.24) is 15.5 Å². The number of nitriles is 1. The van der Waals surface area contributed by atoms with Gasteiger partial charge in [0.25, 0.3) is 0 Å². The Morgan fingerprint density at radius 3 is 3.15 bits per heavy atom. The molecule has 1 unspecified atom stereocenters. The smallest absolute Gasteiger partial charge is 0.245 e. The number of hydrogen-bond donors (Lipinski definition) is 1. The Kier molecular flexibility index (Phi) is 4.48. The third kappa shape index (κ3) is 3.03. The van der Waals surface area contributed by atoms with E-state index >= 15 is 0 Å². The first-order chi connectivity index (χ1) is 9.63. The lowest BCUT2D eigenvalue weighted by Crippen LogP contribution is -2.55. The van der Waals surface area contributed by atoms with Crippen LogP contribution in [0.1, 0.15) is 19.4 Å². The van der Waals surface area contributed by atoms with Crippen molar-refractivity contribution in [3.63, 3.8) is 0 Å². The second-order valence-corrected chi connectivity index (χ2v) is 4.83. The Labute approximate surface area is 117 Å². The lowest BCUT2D eigenvalue weighted by Gasteiger charge is -2.35. The van der Waals surface area contributed by atoms with Gasteiger partial charge in [-0.1, -0.05) is 0 Å². The average molecular weight is 275 g/mol. The number of aromatic nitrogens is 2. The molecule has 1 N–H and O–H groups in total. The topological polar surface area (TPSA) is 91.1 Å². The first-order valence-electron chi connectivity index (χ1n) is 6.50. The SMILES string of the molecule is CC(C)NC(=O)C1COCCN1c1nnccc1C#N. The number of carbonyl (C=O) groups excluding carboxylic acids is 1. The van der Waals surface area contributed by atoms with E-state index in [1.807, 2.05) is 13.8 Å². The quantitative estimate of drug-likeness (QED) is 0.840. The van der Waals surface area contributed by atoms with Gasteiger partial charge < -0.3 is 15.0 Å². The van der Waals surface area contributed by atoms with Gasteiger partial charge in [0.2, 0.25) is 5.91 Å². The Morgan fingerprint density at radius 1 is 1.65 bits per heavy atom. The molecule has 2 rings (SSSR count). The van der Waals surface area contributed by atoms with Crippen LogP contribution in [0, 0.1) is 11.3 Å². The minimum atomic E-state index is -0.491. The number of hydrogen-bond acceptors (Lipinski definition) is 6. The van der Waals surface area contributed by atoms with Crippen LogP contribution >= 0.6 is 0 Å². The molecule has 1 atom stereocenters. The predicted molar refractivity (Wildman–Crippen MR) is 72.0 cm³/mol. The number of ether oxygens (including phenoxy) is 1. The van der Waals surface area contributed by atoms with Gasteiger partial charge in [0.15, 0.2) is 5.82 Å². The van der Waals surface area contributed by atoms with E-state index in [4.69, 9.17) is 10.00 Å². The summed E-state index contributed by atoms with van der Waals surface area (Å²) in [5, 5.41) is 19.8. The maximum Gasteiger partial charge on any atom is 0.245 e. The fraction of sp³-hybridized carbons (Fsp3) is 0.538. The number of carbonyl (C=O) groups is 1. The zero-order chi connectivity index (χ0) is 14.5. The summed E-state index contributed by atoms with van der Waals surface area (Å²) in [4.78, 5) is 14.0. The molecule has 106 valence electrons. The Bertz CT molecular complexity index is 526. The first-order valence-corrected chi connectivity index (χ1v) is 6.50. The number of morpholine rings is 1. The van der Waals surface area contributed by atoms with Crippen LogP contribution < -0.4 is 10.2 Å². The van der Waals surface area contributed by atoms with Gasteiger partial charge in [-0.25, -0.2) is 0 Å². The minimum absolute atomic E-state index is 0.0450. The Morgan fingerprint density at radius 2 is 2.45 bits per heavy atom. The van der Waals surface area contributed by atoms with Gasteiger partial charge in [-0.2, -0.15) is 10.4 Å². The molecule has 1 aliphatic rings. The molecule has 1 aromatic rings. The summed E-state index contributed by atoms with van der Waals surface area (Å²) in [5.74, 6) is 0.302. The monoisotopic (exact) mass is 275 g/mol. The van der Waals surface area contributed by atoms with E-state index in [-0.39, 0.29) is 18.6 Å². The second-order valence-electron chi connectivity index (χ2n) is 4.83. The molecule has 2 heterocycles. The van der Waals surface area contributed by atoms with Crippen LogP contribution in [0.5, 0.6) is 0 Å². The molecule has 0 radical (unpaired) electrons. The third-order valence-corrected chi connectivity index (χ3v) is 2.96. The molecule has 1 aliphatic heterocycles. The van der Waals surface area contributed by atoms with E-state index in [1.54, 1.807) is 11.0 Å². The van der Waals surface area contributed by atoms with Crippen molar-refractivity contribution in [1.29, 1.82) is 5.26 Å². The van der Waals surface area contributed by atoms with E-state index in [2.05, 4.69) is 21.6 Å². The highest BCUT2D eigenvalue weighted by Gasteiger charge is 2.32. The molecule has 1 amide bonds. The summed E-state index contributed by atoms with van der Waals surface area (Å²) in [5.41, 5.74) is 0.407. The molecule has 0 saturated carbocycles. The molecule has 1 aromatic heterocycles. The second kappa shape index (κ2) is 6.30. The van der Waals surface area contributed by atoms with Gasteiger partial charge in [0, 0.05) is 12.6 Å². The van der Waals surface area contributed by atoms with E-state index < -0.39 is 6.04 Å². The normalized spacial score (nSPS) is 18.7. The molecule has 7 nitrogen and oxygen atoms in total. The highest BCUT2D eigenvalue weighted by atomic mass is 16.5. The van der Waals surface area contributed by atoms with Crippen LogP contribution in [0.25, 0.3) is 0 Å². The lowest BCUT2D eigenvalue weighted by atomic mass is 10.1. The number of nitrogens with zero attached hydrogens (tertiary/aromatic N) is 4. The van der Waals surface area contributed by atoms with E-state index in [0.717, 1.165) is 0 Å². The minimum Gasteiger partial charge on any atom is -0.377 e. The molecular formula is C13H17N5O2. The average Bonchev–Trinajstić information content (AvgIpc) is 2.46. The first kappa shape index (κ1) is 14.2. The highest BCUT2D eigenvalue weighted by molar-refractivity contribution is 5.86. The van der Waals surface area contributed by atoms with E-state index in [1.165, 1.54) is 6.20 Å². The molecule has 20 heavy (non-hydrogen) atoms. The molecule has 7 heteroatoms. The van der Waals surface area contributed by atoms with Gasteiger partial charge >= 0.3 is 0 Å². The summed E-state index contributed by atoms with van der Waals surface area (Å²) >= 11 is 0. The largest absolute Gasteiger partial charge is 0.377 e. The van der Waals surface area contributed by atoms with Crippen LogP contribution in [0.4, 0.5) is 5.82 Å². The summed E-state index contributed by atoms with van der Waals surface area (Å²) in [6.07, 6.45) is 1.46. The number of rotatable bonds is 3. The van der Waals surface area contributed by atoms with Crippen molar-refractivity contribution in [2.75, 3.05) is 24.7 Å². The molecule has 0 spiro atoms. The molecule has 1 saturated heterocycles. The van der Waals surface area contributed by atoms with Gasteiger partial charge in [-0.05, 0) is 19.9 Å². The standard InChI is InChI=1S/C13H17N5O2/c1-9(2)16-13(19)11-8-20-6-5-18(11)12-10(7-14)3-4-15-17-12/h3-4,9,11H,5-6,8H2,1-2H3,(H,16,19). The molecule has 0 aliphatic carbocycles. The van der Waals surface area contributed by atoms with E-state index in [9.17, 15) is 4.79 Å². The number of amides is 1. The van der Waals surface area contributed by atoms with E-state index in [0.29, 0.717) is 24.5 Å². The Balaban J connectivity index is 2.27. The van der Waals surface area contributed by atoms with Crippen molar-refractivity contribution < 1.29 is 9.53 Å². The van der Waals surface area contributed by atoms with Gasteiger partial charge in [-0.15, -0.1) is 5.10 Å². The maximum atomic E-state index is 12.2. The third-order valence-electron chi connectivity index (χ3n) is 2.96. The molecular weight excluding hydrogens is 258 g/mol. The predicted octanol–water partition coefficient (Wildman–Crippen LogP) is 0.0781. The van der Waals surface area contributed by atoms with Gasteiger partial charge in [0.05, 0.1) is 25.0 Å². The molecule has 0 aromatic carbocycles. The summed E-state index contributed by atoms with van der Waals surface area (Å²) < 4.78 is 5.38. The summed E-state index contributed by atoms with van der Waals surface area (Å²) in [6, 6.07) is 3.22. The van der Waals surface area contributed by atoms with Gasteiger partial charge in [-0.3, -0.25) is 4.79 Å². The zero-order valence-electron chi connectivity index (χ0n) is 11.5. The van der Waals surface area contributed by atoms with Crippen LogP contribution in [-0.4, -0.2) is 47.9 Å². The van der Waals surface area contributed by atoms with Crippen molar-refractivity contribution in [3.05, 3.63) is 17.8 Å². The van der Waals surface area contributed by atoms with Crippen molar-refractivity contribution in [2.24, 2.45) is 0 Å². The maximum absolute atomic E-state index is 12.2. The summed E-state index contributed by atoms with van der Waals surface area (Å²) in [6.45, 7) is 5.07. The van der Waals surface area contributed by atoms with Crippen LogP contribution in [0.2, 0.25) is 0 Å². The van der Waals surface area contributed by atoms with Crippen molar-refractivity contribution >= 4 is 11.7 Å². The van der Waals surface area contributed by atoms with Gasteiger partial charge in [0.1, 0.15) is 12.1 Å². The summed E-state index contributed by atoms with van der Waals surface area (Å²) in [7, 11) is 0. The fourth-order valence-electron chi connectivity index (χ4n) is 2.08. The Hall–Kier alpha value is -2.20. The highest BCUT2D eigenvalue weighted by Crippen LogP contribution is 2.20. The van der Waals surface area contributed by atoms with Crippen LogP contribution in [0.15, 0.2) is 12.3 Å². The van der Waals surface area contributed by atoms with Crippen LogP contribution in [-0.2, 0) is 9.53 Å². The molecule has 1 fully saturated rings. The molecule has 0 bridgehead atoms.